The Morgan fingerprint density at radius 1 is 1.26 bits per heavy atom. The second-order valence-corrected chi connectivity index (χ2v) is 4.56. The lowest BCUT2D eigenvalue weighted by Gasteiger charge is -2.18. The maximum atomic E-state index is 12.2. The van der Waals surface area contributed by atoms with Crippen molar-refractivity contribution < 1.29 is 4.79 Å². The molecule has 0 radical (unpaired) electrons. The summed E-state index contributed by atoms with van der Waals surface area (Å²) in [4.78, 5) is 17.8. The van der Waals surface area contributed by atoms with Gasteiger partial charge in [0.1, 0.15) is 5.82 Å². The molecule has 0 bridgehead atoms. The molecule has 0 saturated heterocycles. The predicted octanol–water partition coefficient (Wildman–Crippen LogP) is 2.24. The number of aryl methyl sites for hydroxylation is 1. The normalized spacial score (nSPS) is 10.2. The molecule has 0 aliphatic heterocycles. The molecule has 2 rings (SSSR count). The molecule has 0 saturated carbocycles. The quantitative estimate of drug-likeness (QED) is 0.915. The van der Waals surface area contributed by atoms with Crippen LogP contribution in [-0.4, -0.2) is 22.8 Å². The van der Waals surface area contributed by atoms with E-state index in [9.17, 15) is 4.79 Å². The van der Waals surface area contributed by atoms with Gasteiger partial charge in [-0.1, -0.05) is 24.3 Å². The largest absolute Gasteiger partial charge is 0.384 e. The maximum absolute atomic E-state index is 12.2. The average Bonchev–Trinajstić information content (AvgIpc) is 2.41. The Morgan fingerprint density at radius 3 is 2.63 bits per heavy atom. The molecule has 4 nitrogen and oxygen atoms in total. The van der Waals surface area contributed by atoms with Gasteiger partial charge in [0.25, 0.3) is 5.91 Å². The third kappa shape index (κ3) is 3.10. The highest BCUT2D eigenvalue weighted by atomic mass is 16.2. The number of benzene rings is 1. The highest BCUT2D eigenvalue weighted by Gasteiger charge is 2.12. The predicted molar refractivity (Wildman–Crippen MR) is 75.6 cm³/mol. The zero-order valence-electron chi connectivity index (χ0n) is 11.1. The van der Waals surface area contributed by atoms with Crippen molar-refractivity contribution in [1.82, 2.24) is 9.88 Å². The fraction of sp³-hybridized carbons (Fsp3) is 0.200. The Hall–Kier alpha value is -2.36. The van der Waals surface area contributed by atoms with Crippen LogP contribution < -0.4 is 5.73 Å². The lowest BCUT2D eigenvalue weighted by molar-refractivity contribution is 0.0784. The van der Waals surface area contributed by atoms with E-state index in [-0.39, 0.29) is 5.91 Å². The number of amides is 1. The molecule has 2 aromatic rings. The molecule has 0 aliphatic rings. The molecule has 0 fully saturated rings. The molecule has 1 aromatic carbocycles. The Balaban J connectivity index is 2.12. The van der Waals surface area contributed by atoms with Crippen molar-refractivity contribution in [3.05, 3.63) is 59.3 Å². The van der Waals surface area contributed by atoms with Gasteiger partial charge < -0.3 is 10.6 Å². The molecular weight excluding hydrogens is 238 g/mol. The number of hydrogen-bond acceptors (Lipinski definition) is 3. The number of hydrogen-bond donors (Lipinski definition) is 1. The third-order valence-electron chi connectivity index (χ3n) is 3.05. The van der Waals surface area contributed by atoms with Crippen molar-refractivity contribution in [1.29, 1.82) is 0 Å². The number of carbonyl (C=O) groups is 1. The Morgan fingerprint density at radius 2 is 2.00 bits per heavy atom. The number of pyridine rings is 1. The number of aromatic nitrogens is 1. The zero-order chi connectivity index (χ0) is 13.8. The first-order valence-corrected chi connectivity index (χ1v) is 6.09. The van der Waals surface area contributed by atoms with Gasteiger partial charge >= 0.3 is 0 Å². The smallest absolute Gasteiger partial charge is 0.255 e. The summed E-state index contributed by atoms with van der Waals surface area (Å²) in [5, 5.41) is 0. The number of anilines is 1. The first-order chi connectivity index (χ1) is 9.08. The van der Waals surface area contributed by atoms with Gasteiger partial charge in [-0.25, -0.2) is 4.98 Å². The van der Waals surface area contributed by atoms with Crippen molar-refractivity contribution in [3.8, 4) is 0 Å². The van der Waals surface area contributed by atoms with E-state index in [0.717, 1.165) is 5.56 Å². The molecule has 1 amide bonds. The molecule has 4 heteroatoms. The Kier molecular flexibility index (Phi) is 3.80. The molecule has 0 unspecified atom stereocenters. The SMILES string of the molecule is Cc1ccccc1CN(C)C(=O)c1ccc(N)nc1. The van der Waals surface area contributed by atoms with Gasteiger partial charge in [0, 0.05) is 19.8 Å². The van der Waals surface area contributed by atoms with Gasteiger partial charge in [-0.2, -0.15) is 0 Å². The van der Waals surface area contributed by atoms with E-state index in [1.54, 1.807) is 24.1 Å². The Bertz CT molecular complexity index is 578. The molecule has 1 aromatic heterocycles. The Labute approximate surface area is 112 Å². The highest BCUT2D eigenvalue weighted by Crippen LogP contribution is 2.12. The van der Waals surface area contributed by atoms with E-state index in [1.165, 1.54) is 11.8 Å². The minimum absolute atomic E-state index is 0.0595. The van der Waals surface area contributed by atoms with E-state index in [1.807, 2.05) is 31.2 Å². The van der Waals surface area contributed by atoms with Gasteiger partial charge in [0.15, 0.2) is 0 Å². The number of nitrogen functional groups attached to an aromatic ring is 1. The van der Waals surface area contributed by atoms with Crippen LogP contribution >= 0.6 is 0 Å². The van der Waals surface area contributed by atoms with Crippen molar-refractivity contribution in [2.75, 3.05) is 12.8 Å². The number of carbonyl (C=O) groups excluding carboxylic acids is 1. The van der Waals surface area contributed by atoms with Gasteiger partial charge in [0.2, 0.25) is 0 Å². The number of rotatable bonds is 3. The highest BCUT2D eigenvalue weighted by molar-refractivity contribution is 5.93. The molecule has 2 N–H and O–H groups in total. The van der Waals surface area contributed by atoms with Crippen LogP contribution in [-0.2, 0) is 6.54 Å². The summed E-state index contributed by atoms with van der Waals surface area (Å²) >= 11 is 0. The van der Waals surface area contributed by atoms with Crippen molar-refractivity contribution >= 4 is 11.7 Å². The van der Waals surface area contributed by atoms with Crippen LogP contribution in [0, 0.1) is 6.92 Å². The zero-order valence-corrected chi connectivity index (χ0v) is 11.1. The minimum Gasteiger partial charge on any atom is -0.384 e. The summed E-state index contributed by atoms with van der Waals surface area (Å²) < 4.78 is 0. The average molecular weight is 255 g/mol. The molecule has 0 spiro atoms. The van der Waals surface area contributed by atoms with Gasteiger partial charge in [0.05, 0.1) is 5.56 Å². The van der Waals surface area contributed by atoms with E-state index < -0.39 is 0 Å². The number of nitrogens with two attached hydrogens (primary N) is 1. The third-order valence-corrected chi connectivity index (χ3v) is 3.05. The van der Waals surface area contributed by atoms with Crippen LogP contribution in [0.15, 0.2) is 42.6 Å². The van der Waals surface area contributed by atoms with Gasteiger partial charge in [-0.3, -0.25) is 4.79 Å². The summed E-state index contributed by atoms with van der Waals surface area (Å²) in [5.41, 5.74) is 8.38. The summed E-state index contributed by atoms with van der Waals surface area (Å²) in [5.74, 6) is 0.355. The summed E-state index contributed by atoms with van der Waals surface area (Å²) in [7, 11) is 1.78. The molecule has 98 valence electrons. The topological polar surface area (TPSA) is 59.2 Å². The maximum Gasteiger partial charge on any atom is 0.255 e. The second kappa shape index (κ2) is 5.52. The van der Waals surface area contributed by atoms with Gasteiger partial charge in [-0.05, 0) is 30.2 Å². The van der Waals surface area contributed by atoms with E-state index >= 15 is 0 Å². The summed E-state index contributed by atoms with van der Waals surface area (Å²) in [6.07, 6.45) is 1.51. The van der Waals surface area contributed by atoms with Crippen LogP contribution in [0.4, 0.5) is 5.82 Å². The molecule has 0 aliphatic carbocycles. The minimum atomic E-state index is -0.0595. The van der Waals surface area contributed by atoms with Crippen molar-refractivity contribution in [3.63, 3.8) is 0 Å². The molecule has 0 atom stereocenters. The lowest BCUT2D eigenvalue weighted by Crippen LogP contribution is -2.26. The van der Waals surface area contributed by atoms with E-state index in [4.69, 9.17) is 5.73 Å². The van der Waals surface area contributed by atoms with Crippen LogP contribution in [0.5, 0.6) is 0 Å². The summed E-state index contributed by atoms with van der Waals surface area (Å²) in [6, 6.07) is 11.4. The summed E-state index contributed by atoms with van der Waals surface area (Å²) in [6.45, 7) is 2.62. The van der Waals surface area contributed by atoms with Crippen LogP contribution in [0.2, 0.25) is 0 Å². The van der Waals surface area contributed by atoms with Crippen molar-refractivity contribution in [2.45, 2.75) is 13.5 Å². The fourth-order valence-electron chi connectivity index (χ4n) is 1.87. The lowest BCUT2D eigenvalue weighted by atomic mass is 10.1. The molecular formula is C15H17N3O. The first-order valence-electron chi connectivity index (χ1n) is 6.09. The first kappa shape index (κ1) is 13.1. The monoisotopic (exact) mass is 255 g/mol. The molecule has 1 heterocycles. The second-order valence-electron chi connectivity index (χ2n) is 4.56. The van der Waals surface area contributed by atoms with Crippen LogP contribution in [0.3, 0.4) is 0 Å². The van der Waals surface area contributed by atoms with Crippen LogP contribution in [0.25, 0.3) is 0 Å². The van der Waals surface area contributed by atoms with E-state index in [0.29, 0.717) is 17.9 Å². The van der Waals surface area contributed by atoms with Crippen molar-refractivity contribution in [2.24, 2.45) is 0 Å². The van der Waals surface area contributed by atoms with Crippen LogP contribution in [0.1, 0.15) is 21.5 Å². The van der Waals surface area contributed by atoms with E-state index in [2.05, 4.69) is 4.98 Å². The standard InChI is InChI=1S/C15H17N3O/c1-11-5-3-4-6-13(11)10-18(2)15(19)12-7-8-14(16)17-9-12/h3-9H,10H2,1-2H3,(H2,16,17). The molecule has 19 heavy (non-hydrogen) atoms. The fourth-order valence-corrected chi connectivity index (χ4v) is 1.87. The van der Waals surface area contributed by atoms with Gasteiger partial charge in [-0.15, -0.1) is 0 Å². The number of nitrogens with zero attached hydrogens (tertiary/aromatic N) is 2.